The van der Waals surface area contributed by atoms with Crippen LogP contribution < -0.4 is 5.32 Å². The van der Waals surface area contributed by atoms with Crippen molar-refractivity contribution in [3.05, 3.63) is 69.7 Å². The first-order chi connectivity index (χ1) is 10.1. The quantitative estimate of drug-likeness (QED) is 0.788. The van der Waals surface area contributed by atoms with E-state index in [1.165, 1.54) is 34.0 Å². The maximum Gasteiger partial charge on any atom is 0.0296 e. The molecule has 21 heavy (non-hydrogen) atoms. The molecule has 2 heteroatoms. The predicted octanol–water partition coefficient (Wildman–Crippen LogP) is 5.35. The highest BCUT2D eigenvalue weighted by Crippen LogP contribution is 2.38. The highest BCUT2D eigenvalue weighted by Gasteiger charge is 2.31. The fourth-order valence-electron chi connectivity index (χ4n) is 3.30. The summed E-state index contributed by atoms with van der Waals surface area (Å²) in [7, 11) is 0. The van der Waals surface area contributed by atoms with Crippen molar-refractivity contribution in [3.63, 3.8) is 0 Å². The van der Waals surface area contributed by atoms with Crippen LogP contribution in [0.1, 0.15) is 48.4 Å². The van der Waals surface area contributed by atoms with Crippen LogP contribution in [0.4, 0.5) is 0 Å². The third kappa shape index (κ3) is 3.38. The van der Waals surface area contributed by atoms with Gasteiger partial charge in [-0.3, -0.25) is 0 Å². The van der Waals surface area contributed by atoms with Gasteiger partial charge in [0.25, 0.3) is 0 Å². The van der Waals surface area contributed by atoms with Crippen molar-refractivity contribution < 1.29 is 0 Å². The Hall–Kier alpha value is -1.12. The third-order valence-electron chi connectivity index (χ3n) is 4.60. The number of benzene rings is 2. The summed E-state index contributed by atoms with van der Waals surface area (Å²) in [6, 6.07) is 18.5. The minimum Gasteiger partial charge on any atom is -0.307 e. The second-order valence-corrected chi connectivity index (χ2v) is 7.08. The molecule has 0 bridgehead atoms. The van der Waals surface area contributed by atoms with Gasteiger partial charge in [-0.15, -0.1) is 0 Å². The van der Waals surface area contributed by atoms with Gasteiger partial charge in [-0.05, 0) is 61.4 Å². The molecule has 2 aromatic rings. The van der Waals surface area contributed by atoms with E-state index < -0.39 is 0 Å². The van der Waals surface area contributed by atoms with Gasteiger partial charge in [0.2, 0.25) is 0 Å². The standard InChI is InChI=1S/C19H22BrN/c1-13-6-3-4-9-19(13)14(2)21-18-11-16(12-18)15-7-5-8-17(20)10-15/h3-10,14,16,18,21H,11-12H2,1-2H3/t14-,16?,18?/m1/s1. The topological polar surface area (TPSA) is 12.0 Å². The zero-order valence-electron chi connectivity index (χ0n) is 12.6. The fourth-order valence-corrected chi connectivity index (χ4v) is 3.72. The van der Waals surface area contributed by atoms with E-state index in [4.69, 9.17) is 0 Å². The van der Waals surface area contributed by atoms with Crippen LogP contribution in [0.25, 0.3) is 0 Å². The molecule has 0 amide bonds. The minimum atomic E-state index is 0.430. The number of halogens is 1. The first kappa shape index (κ1) is 14.8. The molecule has 1 atom stereocenters. The molecular formula is C19H22BrN. The van der Waals surface area contributed by atoms with E-state index in [-0.39, 0.29) is 0 Å². The van der Waals surface area contributed by atoms with Crippen LogP contribution in [0.3, 0.4) is 0 Å². The van der Waals surface area contributed by atoms with E-state index >= 15 is 0 Å². The Morgan fingerprint density at radius 2 is 1.86 bits per heavy atom. The molecule has 0 aromatic heterocycles. The summed E-state index contributed by atoms with van der Waals surface area (Å²) in [6.07, 6.45) is 2.49. The summed E-state index contributed by atoms with van der Waals surface area (Å²) in [4.78, 5) is 0. The smallest absolute Gasteiger partial charge is 0.0296 e. The summed E-state index contributed by atoms with van der Waals surface area (Å²) in [5, 5.41) is 3.78. The number of aryl methyl sites for hydroxylation is 1. The van der Waals surface area contributed by atoms with Crippen molar-refractivity contribution in [2.45, 2.75) is 44.7 Å². The molecule has 3 rings (SSSR count). The molecule has 1 aliphatic rings. The Kier molecular flexibility index (Phi) is 4.46. The minimum absolute atomic E-state index is 0.430. The lowest BCUT2D eigenvalue weighted by Gasteiger charge is -2.38. The average molecular weight is 344 g/mol. The summed E-state index contributed by atoms with van der Waals surface area (Å²) >= 11 is 3.56. The Bertz CT molecular complexity index is 616. The fraction of sp³-hybridized carbons (Fsp3) is 0.368. The summed E-state index contributed by atoms with van der Waals surface area (Å²) in [6.45, 7) is 4.47. The normalized spacial score (nSPS) is 22.6. The van der Waals surface area contributed by atoms with E-state index in [0.29, 0.717) is 18.0 Å². The highest BCUT2D eigenvalue weighted by molar-refractivity contribution is 9.10. The molecule has 110 valence electrons. The van der Waals surface area contributed by atoms with E-state index in [2.05, 4.69) is 83.6 Å². The second-order valence-electron chi connectivity index (χ2n) is 6.17. The molecular weight excluding hydrogens is 322 g/mol. The van der Waals surface area contributed by atoms with Crippen molar-refractivity contribution in [1.82, 2.24) is 5.32 Å². The number of hydrogen-bond acceptors (Lipinski definition) is 1. The predicted molar refractivity (Wildman–Crippen MR) is 92.6 cm³/mol. The molecule has 0 aliphatic heterocycles. The van der Waals surface area contributed by atoms with E-state index in [1.54, 1.807) is 0 Å². The van der Waals surface area contributed by atoms with Crippen LogP contribution in [-0.2, 0) is 0 Å². The van der Waals surface area contributed by atoms with Crippen molar-refractivity contribution in [2.75, 3.05) is 0 Å². The summed E-state index contributed by atoms with van der Waals surface area (Å²) < 4.78 is 1.18. The number of rotatable bonds is 4. The Balaban J connectivity index is 1.56. The maximum atomic E-state index is 3.78. The molecule has 0 heterocycles. The van der Waals surface area contributed by atoms with Crippen LogP contribution in [0, 0.1) is 6.92 Å². The van der Waals surface area contributed by atoms with E-state index in [1.807, 2.05) is 0 Å². The van der Waals surface area contributed by atoms with Gasteiger partial charge >= 0.3 is 0 Å². The number of nitrogens with one attached hydrogen (secondary N) is 1. The molecule has 0 saturated heterocycles. The van der Waals surface area contributed by atoms with Gasteiger partial charge in [-0.25, -0.2) is 0 Å². The molecule has 1 N–H and O–H groups in total. The monoisotopic (exact) mass is 343 g/mol. The van der Waals surface area contributed by atoms with E-state index in [0.717, 1.165) is 0 Å². The average Bonchev–Trinajstić information content (AvgIpc) is 2.42. The van der Waals surface area contributed by atoms with Gasteiger partial charge in [0.1, 0.15) is 0 Å². The van der Waals surface area contributed by atoms with Gasteiger partial charge in [-0.2, -0.15) is 0 Å². The molecule has 0 spiro atoms. The Labute approximate surface area is 135 Å². The lowest BCUT2D eigenvalue weighted by atomic mass is 9.75. The zero-order valence-corrected chi connectivity index (χ0v) is 14.2. The van der Waals surface area contributed by atoms with Gasteiger partial charge in [-0.1, -0.05) is 52.3 Å². The van der Waals surface area contributed by atoms with Crippen molar-refractivity contribution >= 4 is 15.9 Å². The SMILES string of the molecule is Cc1ccccc1[C@@H](C)NC1CC(c2cccc(Br)c2)C1. The second kappa shape index (κ2) is 6.33. The first-order valence-electron chi connectivity index (χ1n) is 7.70. The van der Waals surface area contributed by atoms with Crippen LogP contribution in [0.5, 0.6) is 0 Å². The summed E-state index contributed by atoms with van der Waals surface area (Å²) in [5.41, 5.74) is 4.26. The van der Waals surface area contributed by atoms with Crippen LogP contribution in [-0.4, -0.2) is 6.04 Å². The van der Waals surface area contributed by atoms with Crippen molar-refractivity contribution in [1.29, 1.82) is 0 Å². The molecule has 1 aliphatic carbocycles. The van der Waals surface area contributed by atoms with Gasteiger partial charge in [0.05, 0.1) is 0 Å². The molecule has 0 unspecified atom stereocenters. The van der Waals surface area contributed by atoms with Gasteiger partial charge < -0.3 is 5.32 Å². The Morgan fingerprint density at radius 3 is 2.57 bits per heavy atom. The zero-order chi connectivity index (χ0) is 14.8. The lowest BCUT2D eigenvalue weighted by molar-refractivity contribution is 0.270. The maximum absolute atomic E-state index is 3.78. The third-order valence-corrected chi connectivity index (χ3v) is 5.09. The highest BCUT2D eigenvalue weighted by atomic mass is 79.9. The van der Waals surface area contributed by atoms with Gasteiger partial charge in [0.15, 0.2) is 0 Å². The first-order valence-corrected chi connectivity index (χ1v) is 8.50. The lowest BCUT2D eigenvalue weighted by Crippen LogP contribution is -2.41. The van der Waals surface area contributed by atoms with Crippen molar-refractivity contribution in [2.24, 2.45) is 0 Å². The van der Waals surface area contributed by atoms with Crippen molar-refractivity contribution in [3.8, 4) is 0 Å². The largest absolute Gasteiger partial charge is 0.307 e. The molecule has 1 saturated carbocycles. The van der Waals surface area contributed by atoms with Crippen LogP contribution in [0.2, 0.25) is 0 Å². The Morgan fingerprint density at radius 1 is 1.10 bits per heavy atom. The molecule has 1 nitrogen and oxygen atoms in total. The molecule has 2 aromatic carbocycles. The molecule has 1 fully saturated rings. The van der Waals surface area contributed by atoms with Gasteiger partial charge in [0, 0.05) is 16.6 Å². The number of hydrogen-bond donors (Lipinski definition) is 1. The summed E-state index contributed by atoms with van der Waals surface area (Å²) in [5.74, 6) is 0.712. The van der Waals surface area contributed by atoms with Crippen LogP contribution in [0.15, 0.2) is 53.0 Å². The molecule has 0 radical (unpaired) electrons. The van der Waals surface area contributed by atoms with Crippen LogP contribution >= 0.6 is 15.9 Å². The van der Waals surface area contributed by atoms with E-state index in [9.17, 15) is 0 Å².